The lowest BCUT2D eigenvalue weighted by molar-refractivity contribution is -0.133. The molecule has 0 saturated carbocycles. The van der Waals surface area contributed by atoms with Gasteiger partial charge < -0.3 is 9.64 Å². The molecule has 0 aliphatic carbocycles. The molecule has 2 amide bonds. The highest BCUT2D eigenvalue weighted by molar-refractivity contribution is 7.14. The monoisotopic (exact) mass is 413 g/mol. The van der Waals surface area contributed by atoms with Gasteiger partial charge in [-0.3, -0.25) is 14.5 Å². The fraction of sp³-hybridized carbons (Fsp3) is 0.500. The van der Waals surface area contributed by atoms with Crippen molar-refractivity contribution in [3.63, 3.8) is 0 Å². The number of benzene rings is 1. The number of methoxy groups -OCH3 is 1. The Morgan fingerprint density at radius 1 is 1.17 bits per heavy atom. The first-order chi connectivity index (χ1) is 14.2. The third-order valence-corrected chi connectivity index (χ3v) is 6.66. The molecule has 0 unspecified atom stereocenters. The zero-order chi connectivity index (χ0) is 20.2. The lowest BCUT2D eigenvalue weighted by Gasteiger charge is -2.30. The molecule has 3 heterocycles. The molecule has 6 nitrogen and oxygen atoms in total. The van der Waals surface area contributed by atoms with Gasteiger partial charge in [0.15, 0.2) is 5.13 Å². The standard InChI is InChI=1S/C22H27N3O3S/c1-28-18-10-8-16(9-11-18)19-6-3-2-4-12-24(19)21(27)14-17-15-29-22(23-17)25-13-5-7-20(25)26/h8-11,15,19H,2-7,12-14H2,1H3/t19-/m1/s1. The second-order valence-corrected chi connectivity index (χ2v) is 8.51. The Morgan fingerprint density at radius 3 is 2.72 bits per heavy atom. The molecule has 2 saturated heterocycles. The molecular formula is C22H27N3O3S. The summed E-state index contributed by atoms with van der Waals surface area (Å²) in [5.41, 5.74) is 1.91. The van der Waals surface area contributed by atoms with Crippen molar-refractivity contribution in [3.8, 4) is 5.75 Å². The first kappa shape index (κ1) is 19.9. The van der Waals surface area contributed by atoms with E-state index >= 15 is 0 Å². The molecule has 1 aromatic heterocycles. The number of anilines is 1. The lowest BCUT2D eigenvalue weighted by Crippen LogP contribution is -2.36. The van der Waals surface area contributed by atoms with Gasteiger partial charge in [-0.25, -0.2) is 4.98 Å². The van der Waals surface area contributed by atoms with Crippen molar-refractivity contribution in [3.05, 3.63) is 40.9 Å². The molecule has 7 heteroatoms. The first-order valence-electron chi connectivity index (χ1n) is 10.3. The van der Waals surface area contributed by atoms with Gasteiger partial charge in [0.1, 0.15) is 5.75 Å². The number of nitrogens with zero attached hydrogens (tertiary/aromatic N) is 3. The van der Waals surface area contributed by atoms with Gasteiger partial charge in [0.25, 0.3) is 0 Å². The van der Waals surface area contributed by atoms with Gasteiger partial charge in [0, 0.05) is 24.9 Å². The smallest absolute Gasteiger partial charge is 0.229 e. The molecule has 0 bridgehead atoms. The van der Waals surface area contributed by atoms with Crippen molar-refractivity contribution in [1.82, 2.24) is 9.88 Å². The van der Waals surface area contributed by atoms with E-state index in [0.717, 1.165) is 67.3 Å². The number of hydrogen-bond acceptors (Lipinski definition) is 5. The summed E-state index contributed by atoms with van der Waals surface area (Å²) in [5.74, 6) is 1.06. The summed E-state index contributed by atoms with van der Waals surface area (Å²) in [6.45, 7) is 1.50. The molecule has 2 fully saturated rings. The topological polar surface area (TPSA) is 62.7 Å². The number of hydrogen-bond donors (Lipinski definition) is 0. The summed E-state index contributed by atoms with van der Waals surface area (Å²) >= 11 is 1.45. The Morgan fingerprint density at radius 2 is 2.00 bits per heavy atom. The van der Waals surface area contributed by atoms with Crippen LogP contribution in [0.1, 0.15) is 55.8 Å². The average Bonchev–Trinajstić information content (AvgIpc) is 3.29. The summed E-state index contributed by atoms with van der Waals surface area (Å²) in [6, 6.07) is 8.14. The predicted molar refractivity (Wildman–Crippen MR) is 113 cm³/mol. The molecule has 1 aromatic carbocycles. The maximum absolute atomic E-state index is 13.2. The van der Waals surface area contributed by atoms with E-state index in [2.05, 4.69) is 17.1 Å². The highest BCUT2D eigenvalue weighted by Crippen LogP contribution is 2.32. The molecular weight excluding hydrogens is 386 g/mol. The minimum atomic E-state index is 0.0918. The minimum Gasteiger partial charge on any atom is -0.497 e. The summed E-state index contributed by atoms with van der Waals surface area (Å²) in [4.78, 5) is 33.5. The summed E-state index contributed by atoms with van der Waals surface area (Å²) in [5, 5.41) is 2.64. The van der Waals surface area contributed by atoms with Crippen molar-refractivity contribution in [2.45, 2.75) is 51.0 Å². The van der Waals surface area contributed by atoms with Gasteiger partial charge in [-0.15, -0.1) is 11.3 Å². The SMILES string of the molecule is COc1ccc([C@H]2CCCCCN2C(=O)Cc2csc(N3CCCC3=O)n2)cc1. The Balaban J connectivity index is 1.49. The van der Waals surface area contributed by atoms with Crippen molar-refractivity contribution >= 4 is 28.3 Å². The molecule has 1 atom stereocenters. The van der Waals surface area contributed by atoms with E-state index < -0.39 is 0 Å². The second-order valence-electron chi connectivity index (χ2n) is 7.67. The molecule has 2 aromatic rings. The van der Waals surface area contributed by atoms with Crippen molar-refractivity contribution in [2.75, 3.05) is 25.1 Å². The van der Waals surface area contributed by atoms with E-state index in [1.165, 1.54) is 11.3 Å². The van der Waals surface area contributed by atoms with E-state index in [9.17, 15) is 9.59 Å². The van der Waals surface area contributed by atoms with Crippen molar-refractivity contribution in [2.24, 2.45) is 0 Å². The first-order valence-corrected chi connectivity index (χ1v) is 11.2. The van der Waals surface area contributed by atoms with Crippen molar-refractivity contribution in [1.29, 1.82) is 0 Å². The lowest BCUT2D eigenvalue weighted by atomic mass is 10.00. The number of ether oxygens (including phenoxy) is 1. The van der Waals surface area contributed by atoms with E-state index in [1.54, 1.807) is 12.0 Å². The summed E-state index contributed by atoms with van der Waals surface area (Å²) in [7, 11) is 1.66. The molecule has 4 rings (SSSR count). The zero-order valence-electron chi connectivity index (χ0n) is 16.8. The van der Waals surface area contributed by atoms with Crippen LogP contribution in [0, 0.1) is 0 Å². The predicted octanol–water partition coefficient (Wildman–Crippen LogP) is 3.96. The minimum absolute atomic E-state index is 0.0918. The van der Waals surface area contributed by atoms with Gasteiger partial charge in [-0.2, -0.15) is 0 Å². The van der Waals surface area contributed by atoms with Crippen LogP contribution in [-0.2, 0) is 16.0 Å². The van der Waals surface area contributed by atoms with E-state index in [1.807, 2.05) is 22.4 Å². The highest BCUT2D eigenvalue weighted by Gasteiger charge is 2.28. The van der Waals surface area contributed by atoms with Crippen LogP contribution < -0.4 is 9.64 Å². The number of likely N-dealkylation sites (tertiary alicyclic amines) is 1. The number of rotatable bonds is 5. The number of thiazole rings is 1. The Labute approximate surface area is 175 Å². The van der Waals surface area contributed by atoms with E-state index in [0.29, 0.717) is 6.42 Å². The Kier molecular flexibility index (Phi) is 6.13. The van der Waals surface area contributed by atoms with E-state index in [4.69, 9.17) is 4.74 Å². The van der Waals surface area contributed by atoms with Crippen LogP contribution in [0.3, 0.4) is 0 Å². The van der Waals surface area contributed by atoms with Gasteiger partial charge in [0.05, 0.1) is 25.3 Å². The molecule has 2 aliphatic heterocycles. The molecule has 0 spiro atoms. The number of aromatic nitrogens is 1. The quantitative estimate of drug-likeness (QED) is 0.744. The normalized spacial score (nSPS) is 20.0. The van der Waals surface area contributed by atoms with Gasteiger partial charge >= 0.3 is 0 Å². The maximum atomic E-state index is 13.2. The summed E-state index contributed by atoms with van der Waals surface area (Å²) in [6.07, 6.45) is 6.03. The van der Waals surface area contributed by atoms with Crippen LogP contribution in [0.2, 0.25) is 0 Å². The zero-order valence-corrected chi connectivity index (χ0v) is 17.6. The van der Waals surface area contributed by atoms with Crippen LogP contribution >= 0.6 is 11.3 Å². The molecule has 0 N–H and O–H groups in total. The number of carbonyl (C=O) groups is 2. The number of amides is 2. The fourth-order valence-corrected chi connectivity index (χ4v) is 5.06. The van der Waals surface area contributed by atoms with Crippen LogP contribution in [0.5, 0.6) is 5.75 Å². The van der Waals surface area contributed by atoms with Crippen LogP contribution in [0.25, 0.3) is 0 Å². The third-order valence-electron chi connectivity index (χ3n) is 5.75. The van der Waals surface area contributed by atoms with Gasteiger partial charge in [0.2, 0.25) is 11.8 Å². The highest BCUT2D eigenvalue weighted by atomic mass is 32.1. The van der Waals surface area contributed by atoms with Crippen LogP contribution in [0.15, 0.2) is 29.6 Å². The Hall–Kier alpha value is -2.41. The summed E-state index contributed by atoms with van der Waals surface area (Å²) < 4.78 is 5.27. The van der Waals surface area contributed by atoms with Gasteiger partial charge in [-0.05, 0) is 37.0 Å². The second kappa shape index (κ2) is 8.95. The van der Waals surface area contributed by atoms with E-state index in [-0.39, 0.29) is 24.3 Å². The number of carbonyl (C=O) groups excluding carboxylic acids is 2. The fourth-order valence-electron chi connectivity index (χ4n) is 4.19. The van der Waals surface area contributed by atoms with Crippen molar-refractivity contribution < 1.29 is 14.3 Å². The molecule has 29 heavy (non-hydrogen) atoms. The maximum Gasteiger partial charge on any atom is 0.229 e. The van der Waals surface area contributed by atoms with Crippen LogP contribution in [0.4, 0.5) is 5.13 Å². The largest absolute Gasteiger partial charge is 0.497 e. The van der Waals surface area contributed by atoms with Gasteiger partial charge in [-0.1, -0.05) is 25.0 Å². The molecule has 154 valence electrons. The van der Waals surface area contributed by atoms with Crippen LogP contribution in [-0.4, -0.2) is 41.9 Å². The molecule has 2 aliphatic rings. The third kappa shape index (κ3) is 4.45. The average molecular weight is 414 g/mol. The Bertz CT molecular complexity index is 864. The molecule has 0 radical (unpaired) electrons.